The molecular weight excluding hydrogens is 322 g/mol. The predicted molar refractivity (Wildman–Crippen MR) is 89.5 cm³/mol. The molecule has 3 heterocycles. The monoisotopic (exact) mass is 343 g/mol. The third kappa shape index (κ3) is 2.81. The first kappa shape index (κ1) is 15.9. The number of nitrogens with one attached hydrogen (secondary N) is 1. The normalized spacial score (nSPS) is 20.5. The maximum absolute atomic E-state index is 12.9. The topological polar surface area (TPSA) is 93.1 Å². The van der Waals surface area contributed by atoms with Crippen LogP contribution in [0.2, 0.25) is 0 Å². The van der Waals surface area contributed by atoms with Crippen molar-refractivity contribution in [2.45, 2.75) is 44.2 Å². The van der Waals surface area contributed by atoms with Crippen LogP contribution >= 0.6 is 0 Å². The van der Waals surface area contributed by atoms with Crippen LogP contribution in [0.3, 0.4) is 0 Å². The standard InChI is InChI=1S/C17H21N5O3/c1-25-14-9-18-15(20-16(14)23)13-6-3-7-21(13)17(24)11-8-19-22(10-11)12-4-2-5-12/h8-10,12-13H,2-7H2,1H3,(H,18,20,23). The van der Waals surface area contributed by atoms with Crippen molar-refractivity contribution in [2.75, 3.05) is 13.7 Å². The fraction of sp³-hybridized carbons (Fsp3) is 0.529. The fourth-order valence-corrected chi connectivity index (χ4v) is 3.47. The van der Waals surface area contributed by atoms with E-state index in [1.165, 1.54) is 19.7 Å². The largest absolute Gasteiger partial charge is 0.490 e. The van der Waals surface area contributed by atoms with E-state index in [-0.39, 0.29) is 23.3 Å². The number of likely N-dealkylation sites (tertiary alicyclic amines) is 1. The highest BCUT2D eigenvalue weighted by molar-refractivity contribution is 5.94. The number of rotatable bonds is 4. The van der Waals surface area contributed by atoms with E-state index in [1.807, 2.05) is 10.9 Å². The van der Waals surface area contributed by atoms with Gasteiger partial charge in [0.2, 0.25) is 5.75 Å². The number of ether oxygens (including phenoxy) is 1. The Hall–Kier alpha value is -2.64. The van der Waals surface area contributed by atoms with Crippen molar-refractivity contribution in [1.29, 1.82) is 0 Å². The summed E-state index contributed by atoms with van der Waals surface area (Å²) in [6.07, 6.45) is 10.0. The van der Waals surface area contributed by atoms with Gasteiger partial charge < -0.3 is 14.6 Å². The molecule has 1 amide bonds. The highest BCUT2D eigenvalue weighted by atomic mass is 16.5. The summed E-state index contributed by atoms with van der Waals surface area (Å²) >= 11 is 0. The molecule has 0 radical (unpaired) electrons. The molecule has 1 N–H and O–H groups in total. The number of H-pyrrole nitrogens is 1. The Balaban J connectivity index is 1.56. The molecule has 1 saturated carbocycles. The molecule has 0 spiro atoms. The molecule has 4 rings (SSSR count). The molecule has 0 aromatic carbocycles. The van der Waals surface area contributed by atoms with E-state index in [0.29, 0.717) is 24.0 Å². The zero-order valence-electron chi connectivity index (χ0n) is 14.1. The number of aromatic amines is 1. The number of methoxy groups -OCH3 is 1. The Kier molecular flexibility index (Phi) is 4.03. The van der Waals surface area contributed by atoms with Crippen LogP contribution in [0.15, 0.2) is 23.4 Å². The zero-order chi connectivity index (χ0) is 17.4. The fourth-order valence-electron chi connectivity index (χ4n) is 3.47. The number of amides is 1. The molecule has 1 unspecified atom stereocenters. The molecule has 0 bridgehead atoms. The minimum absolute atomic E-state index is 0.0634. The number of carbonyl (C=O) groups is 1. The third-order valence-electron chi connectivity index (χ3n) is 5.13. The van der Waals surface area contributed by atoms with Gasteiger partial charge in [0, 0.05) is 12.7 Å². The van der Waals surface area contributed by atoms with Crippen molar-refractivity contribution < 1.29 is 9.53 Å². The van der Waals surface area contributed by atoms with E-state index in [2.05, 4.69) is 15.1 Å². The second-order valence-electron chi connectivity index (χ2n) is 6.62. The molecule has 1 aliphatic heterocycles. The lowest BCUT2D eigenvalue weighted by Gasteiger charge is -2.25. The van der Waals surface area contributed by atoms with Crippen molar-refractivity contribution in [2.24, 2.45) is 0 Å². The van der Waals surface area contributed by atoms with E-state index in [9.17, 15) is 9.59 Å². The lowest BCUT2D eigenvalue weighted by molar-refractivity contribution is 0.0729. The summed E-state index contributed by atoms with van der Waals surface area (Å²) in [4.78, 5) is 33.7. The number of hydrogen-bond acceptors (Lipinski definition) is 5. The molecule has 1 atom stereocenters. The summed E-state index contributed by atoms with van der Waals surface area (Å²) in [6, 6.07) is 0.202. The van der Waals surface area contributed by atoms with Gasteiger partial charge in [-0.25, -0.2) is 4.98 Å². The molecule has 132 valence electrons. The van der Waals surface area contributed by atoms with Crippen LogP contribution in [0.25, 0.3) is 0 Å². The van der Waals surface area contributed by atoms with Crippen LogP contribution in [0.5, 0.6) is 5.75 Å². The Bertz CT molecular complexity index is 839. The molecule has 2 fully saturated rings. The Labute approximate surface area is 144 Å². The number of carbonyl (C=O) groups excluding carboxylic acids is 1. The van der Waals surface area contributed by atoms with E-state index < -0.39 is 0 Å². The maximum atomic E-state index is 12.9. The molecule has 8 heteroatoms. The van der Waals surface area contributed by atoms with Crippen LogP contribution < -0.4 is 10.3 Å². The van der Waals surface area contributed by atoms with Gasteiger partial charge in [-0.15, -0.1) is 0 Å². The van der Waals surface area contributed by atoms with Gasteiger partial charge in [-0.1, -0.05) is 0 Å². The van der Waals surface area contributed by atoms with Gasteiger partial charge in [0.25, 0.3) is 11.5 Å². The van der Waals surface area contributed by atoms with Crippen LogP contribution in [0, 0.1) is 0 Å². The summed E-state index contributed by atoms with van der Waals surface area (Å²) < 4.78 is 6.85. The van der Waals surface area contributed by atoms with Crippen molar-refractivity contribution >= 4 is 5.91 Å². The molecular formula is C17H21N5O3. The lowest BCUT2D eigenvalue weighted by atomic mass is 9.93. The van der Waals surface area contributed by atoms with E-state index >= 15 is 0 Å². The second kappa shape index (κ2) is 6.34. The summed E-state index contributed by atoms with van der Waals surface area (Å²) in [5.41, 5.74) is 0.263. The summed E-state index contributed by atoms with van der Waals surface area (Å²) in [7, 11) is 1.43. The average Bonchev–Trinajstić information content (AvgIpc) is 3.22. The maximum Gasteiger partial charge on any atom is 0.293 e. The van der Waals surface area contributed by atoms with Crippen LogP contribution in [-0.2, 0) is 0 Å². The Morgan fingerprint density at radius 1 is 1.28 bits per heavy atom. The molecule has 2 aromatic rings. The molecule has 8 nitrogen and oxygen atoms in total. The van der Waals surface area contributed by atoms with Gasteiger partial charge in [0.05, 0.1) is 37.2 Å². The molecule has 1 aliphatic carbocycles. The predicted octanol–water partition coefficient (Wildman–Crippen LogP) is 1.68. The van der Waals surface area contributed by atoms with Crippen molar-refractivity contribution in [3.8, 4) is 5.75 Å². The number of aromatic nitrogens is 4. The van der Waals surface area contributed by atoms with Crippen LogP contribution in [0.4, 0.5) is 0 Å². The Morgan fingerprint density at radius 3 is 2.80 bits per heavy atom. The highest BCUT2D eigenvalue weighted by Gasteiger charge is 2.33. The van der Waals surface area contributed by atoms with Gasteiger partial charge in [-0.05, 0) is 32.1 Å². The highest BCUT2D eigenvalue weighted by Crippen LogP contribution is 2.33. The van der Waals surface area contributed by atoms with Crippen molar-refractivity contribution in [3.05, 3.63) is 40.3 Å². The first-order valence-electron chi connectivity index (χ1n) is 8.65. The quantitative estimate of drug-likeness (QED) is 0.911. The summed E-state index contributed by atoms with van der Waals surface area (Å²) in [6.45, 7) is 0.647. The van der Waals surface area contributed by atoms with Crippen LogP contribution in [0.1, 0.15) is 60.4 Å². The molecule has 2 aliphatic rings. The summed E-state index contributed by atoms with van der Waals surface area (Å²) in [5.74, 6) is 0.607. The van der Waals surface area contributed by atoms with Crippen molar-refractivity contribution in [3.63, 3.8) is 0 Å². The Morgan fingerprint density at radius 2 is 2.12 bits per heavy atom. The van der Waals surface area contributed by atoms with Crippen LogP contribution in [-0.4, -0.2) is 44.2 Å². The summed E-state index contributed by atoms with van der Waals surface area (Å²) in [5, 5.41) is 4.34. The van der Waals surface area contributed by atoms with E-state index in [1.54, 1.807) is 11.1 Å². The van der Waals surface area contributed by atoms with Gasteiger partial charge in [-0.3, -0.25) is 14.3 Å². The lowest BCUT2D eigenvalue weighted by Crippen LogP contribution is -2.32. The molecule has 1 saturated heterocycles. The first-order chi connectivity index (χ1) is 12.2. The minimum atomic E-state index is -0.329. The van der Waals surface area contributed by atoms with Crippen molar-refractivity contribution in [1.82, 2.24) is 24.6 Å². The van der Waals surface area contributed by atoms with Gasteiger partial charge in [0.15, 0.2) is 0 Å². The van der Waals surface area contributed by atoms with E-state index in [4.69, 9.17) is 4.74 Å². The minimum Gasteiger partial charge on any atom is -0.490 e. The molecule has 25 heavy (non-hydrogen) atoms. The number of hydrogen-bond donors (Lipinski definition) is 1. The van der Waals surface area contributed by atoms with E-state index in [0.717, 1.165) is 25.7 Å². The smallest absolute Gasteiger partial charge is 0.293 e. The zero-order valence-corrected chi connectivity index (χ0v) is 14.1. The average molecular weight is 343 g/mol. The second-order valence-corrected chi connectivity index (χ2v) is 6.62. The molecule has 2 aromatic heterocycles. The SMILES string of the molecule is COc1cnc(C2CCCN2C(=O)c2cnn(C3CCC3)c2)[nH]c1=O. The first-order valence-corrected chi connectivity index (χ1v) is 8.65. The third-order valence-corrected chi connectivity index (χ3v) is 5.13. The number of nitrogens with zero attached hydrogens (tertiary/aromatic N) is 4. The van der Waals surface area contributed by atoms with Gasteiger partial charge in [0.1, 0.15) is 5.82 Å². The van der Waals surface area contributed by atoms with Gasteiger partial charge in [-0.2, -0.15) is 5.10 Å². The van der Waals surface area contributed by atoms with Gasteiger partial charge >= 0.3 is 0 Å².